The van der Waals surface area contributed by atoms with Gasteiger partial charge >= 0.3 is 0 Å². The van der Waals surface area contributed by atoms with Crippen molar-refractivity contribution in [3.05, 3.63) is 65.0 Å². The normalized spacial score (nSPS) is 23.2. The molecule has 0 unspecified atom stereocenters. The van der Waals surface area contributed by atoms with Gasteiger partial charge in [-0.25, -0.2) is 21.6 Å². The number of sulfone groups is 1. The fourth-order valence-electron chi connectivity index (χ4n) is 5.39. The van der Waals surface area contributed by atoms with Gasteiger partial charge in [0.2, 0.25) is 5.91 Å². The first-order valence-electron chi connectivity index (χ1n) is 11.5. The minimum atomic E-state index is -3.56. The summed E-state index contributed by atoms with van der Waals surface area (Å²) in [4.78, 5) is 15.0. The third kappa shape index (κ3) is 5.15. The number of piperidine rings is 1. The SMILES string of the molecule is Cc1cccc(S(=O)(=O)CCC(=O)N2[C@@H]3CC[C@H]2C[C@@H]([C@H](N)Cc2cc(F)c(F)cc2F)C3)c1. The topological polar surface area (TPSA) is 80.5 Å². The molecular formula is C25H29F3N2O3S. The average molecular weight is 495 g/mol. The highest BCUT2D eigenvalue weighted by molar-refractivity contribution is 7.91. The van der Waals surface area contributed by atoms with E-state index in [9.17, 15) is 26.4 Å². The van der Waals surface area contributed by atoms with Crippen molar-refractivity contribution in [3.63, 3.8) is 0 Å². The highest BCUT2D eigenvalue weighted by atomic mass is 32.2. The van der Waals surface area contributed by atoms with Gasteiger partial charge in [-0.15, -0.1) is 0 Å². The molecule has 2 aliphatic heterocycles. The van der Waals surface area contributed by atoms with E-state index in [1.54, 1.807) is 18.2 Å². The minimum Gasteiger partial charge on any atom is -0.337 e. The number of halogens is 3. The second kappa shape index (κ2) is 9.70. The number of carbonyl (C=O) groups excluding carboxylic acids is 1. The van der Waals surface area contributed by atoms with Crippen LogP contribution in [0.3, 0.4) is 0 Å². The maximum atomic E-state index is 14.1. The molecule has 0 saturated carbocycles. The molecule has 2 N–H and O–H groups in total. The highest BCUT2D eigenvalue weighted by Crippen LogP contribution is 2.40. The Morgan fingerprint density at radius 3 is 2.35 bits per heavy atom. The minimum absolute atomic E-state index is 0.00471. The number of nitrogens with two attached hydrogens (primary N) is 1. The zero-order valence-corrected chi connectivity index (χ0v) is 19.8. The summed E-state index contributed by atoms with van der Waals surface area (Å²) in [6.45, 7) is 1.82. The molecule has 2 aliphatic rings. The lowest BCUT2D eigenvalue weighted by Gasteiger charge is -2.41. The van der Waals surface area contributed by atoms with Crippen LogP contribution in [0.25, 0.3) is 0 Å². The zero-order valence-electron chi connectivity index (χ0n) is 19.0. The Labute approximate surface area is 198 Å². The van der Waals surface area contributed by atoms with E-state index in [4.69, 9.17) is 5.73 Å². The van der Waals surface area contributed by atoms with E-state index >= 15 is 0 Å². The number of hydrogen-bond acceptors (Lipinski definition) is 4. The number of benzene rings is 2. The number of nitrogens with zero attached hydrogens (tertiary/aromatic N) is 1. The summed E-state index contributed by atoms with van der Waals surface area (Å²) in [5.74, 6) is -3.58. The third-order valence-corrected chi connectivity index (χ3v) is 8.86. The largest absolute Gasteiger partial charge is 0.337 e. The van der Waals surface area contributed by atoms with Crippen LogP contribution in [-0.2, 0) is 21.1 Å². The lowest BCUT2D eigenvalue weighted by Crippen LogP contribution is -2.50. The van der Waals surface area contributed by atoms with Crippen LogP contribution in [0.1, 0.15) is 43.2 Å². The molecule has 184 valence electrons. The summed E-state index contributed by atoms with van der Waals surface area (Å²) in [6, 6.07) is 7.49. The fraction of sp³-hybridized carbons (Fsp3) is 0.480. The lowest BCUT2D eigenvalue weighted by atomic mass is 9.82. The van der Waals surface area contributed by atoms with Gasteiger partial charge in [0.15, 0.2) is 21.5 Å². The number of rotatable bonds is 7. The summed E-state index contributed by atoms with van der Waals surface area (Å²) in [5, 5.41) is 0. The van der Waals surface area contributed by atoms with Crippen molar-refractivity contribution >= 4 is 15.7 Å². The highest BCUT2D eigenvalue weighted by Gasteiger charge is 2.44. The first-order chi connectivity index (χ1) is 16.0. The first-order valence-corrected chi connectivity index (χ1v) is 13.2. The molecule has 0 aromatic heterocycles. The Hall–Kier alpha value is -2.39. The maximum Gasteiger partial charge on any atom is 0.224 e. The summed E-state index contributed by atoms with van der Waals surface area (Å²) in [7, 11) is -3.56. The van der Waals surface area contributed by atoms with Crippen molar-refractivity contribution in [2.75, 3.05) is 5.75 Å². The summed E-state index contributed by atoms with van der Waals surface area (Å²) in [6.07, 6.45) is 2.86. The summed E-state index contributed by atoms with van der Waals surface area (Å²) < 4.78 is 66.1. The van der Waals surface area contributed by atoms with Crippen LogP contribution in [0, 0.1) is 30.3 Å². The Balaban J connectivity index is 1.37. The van der Waals surface area contributed by atoms with Gasteiger partial charge in [0.1, 0.15) is 5.82 Å². The molecule has 2 aromatic rings. The molecule has 9 heteroatoms. The molecule has 2 heterocycles. The summed E-state index contributed by atoms with van der Waals surface area (Å²) >= 11 is 0. The van der Waals surface area contributed by atoms with E-state index in [1.165, 1.54) is 0 Å². The van der Waals surface area contributed by atoms with Gasteiger partial charge in [0, 0.05) is 30.6 Å². The fourth-order valence-corrected chi connectivity index (χ4v) is 6.72. The predicted molar refractivity (Wildman–Crippen MR) is 122 cm³/mol. The standard InChI is InChI=1S/C25H29F3N2O3S/c1-15-3-2-4-20(9-15)34(32,33)8-7-25(31)30-18-5-6-19(30)11-17(10-18)24(29)13-16-12-22(27)23(28)14-21(16)26/h2-4,9,12,14,17-19,24H,5-8,10-11,13,29H2,1H3/t17-,18+,19-,24-/m1/s1. The molecule has 4 atom stereocenters. The second-order valence-corrected chi connectivity index (χ2v) is 11.6. The van der Waals surface area contributed by atoms with Gasteiger partial charge in [-0.05, 0) is 74.3 Å². The van der Waals surface area contributed by atoms with Crippen LogP contribution in [0.2, 0.25) is 0 Å². The van der Waals surface area contributed by atoms with Crippen molar-refractivity contribution in [1.82, 2.24) is 4.90 Å². The Kier molecular flexibility index (Phi) is 7.05. The Bertz CT molecular complexity index is 1170. The van der Waals surface area contributed by atoms with Gasteiger partial charge in [0.05, 0.1) is 10.6 Å². The molecule has 34 heavy (non-hydrogen) atoms. The molecule has 2 fully saturated rings. The average Bonchev–Trinajstić information content (AvgIpc) is 3.05. The van der Waals surface area contributed by atoms with E-state index < -0.39 is 33.3 Å². The Morgan fingerprint density at radius 1 is 1.06 bits per heavy atom. The van der Waals surface area contributed by atoms with Crippen molar-refractivity contribution in [1.29, 1.82) is 0 Å². The van der Waals surface area contributed by atoms with Crippen molar-refractivity contribution in [2.24, 2.45) is 11.7 Å². The van der Waals surface area contributed by atoms with Crippen LogP contribution < -0.4 is 5.73 Å². The van der Waals surface area contributed by atoms with Gasteiger partial charge in [-0.3, -0.25) is 4.79 Å². The van der Waals surface area contributed by atoms with E-state index in [0.29, 0.717) is 18.9 Å². The molecule has 4 rings (SSSR count). The molecule has 2 saturated heterocycles. The number of hydrogen-bond donors (Lipinski definition) is 1. The number of carbonyl (C=O) groups is 1. The second-order valence-electron chi connectivity index (χ2n) is 9.53. The maximum absolute atomic E-state index is 14.1. The number of aryl methyl sites for hydroxylation is 1. The van der Waals surface area contributed by atoms with Gasteiger partial charge in [-0.1, -0.05) is 12.1 Å². The molecule has 2 bridgehead atoms. The molecule has 0 radical (unpaired) electrons. The lowest BCUT2D eigenvalue weighted by molar-refractivity contribution is -0.136. The molecule has 2 aromatic carbocycles. The predicted octanol–water partition coefficient (Wildman–Crippen LogP) is 3.92. The molecule has 0 aliphatic carbocycles. The van der Waals surface area contributed by atoms with Crippen molar-refractivity contribution in [3.8, 4) is 0 Å². The van der Waals surface area contributed by atoms with Crippen LogP contribution in [0.4, 0.5) is 13.2 Å². The van der Waals surface area contributed by atoms with E-state index in [0.717, 1.165) is 24.5 Å². The van der Waals surface area contributed by atoms with Gasteiger partial charge < -0.3 is 10.6 Å². The van der Waals surface area contributed by atoms with Crippen LogP contribution in [-0.4, -0.2) is 43.1 Å². The monoisotopic (exact) mass is 494 g/mol. The van der Waals surface area contributed by atoms with Crippen LogP contribution in [0.15, 0.2) is 41.3 Å². The number of fused-ring (bicyclic) bond motifs is 2. The first kappa shape index (κ1) is 24.7. The van der Waals surface area contributed by atoms with E-state index in [2.05, 4.69) is 0 Å². The smallest absolute Gasteiger partial charge is 0.224 e. The number of amides is 1. The van der Waals surface area contributed by atoms with Crippen LogP contribution in [0.5, 0.6) is 0 Å². The third-order valence-electron chi connectivity index (χ3n) is 7.14. The molecular weight excluding hydrogens is 465 g/mol. The quantitative estimate of drug-likeness (QED) is 0.592. The zero-order chi connectivity index (χ0) is 24.6. The van der Waals surface area contributed by atoms with Gasteiger partial charge in [-0.2, -0.15) is 0 Å². The molecule has 0 spiro atoms. The van der Waals surface area contributed by atoms with Crippen molar-refractivity contribution in [2.45, 2.75) is 68.5 Å². The van der Waals surface area contributed by atoms with Gasteiger partial charge in [0.25, 0.3) is 0 Å². The van der Waals surface area contributed by atoms with E-state index in [1.807, 2.05) is 17.9 Å². The van der Waals surface area contributed by atoms with E-state index in [-0.39, 0.29) is 53.0 Å². The Morgan fingerprint density at radius 2 is 1.71 bits per heavy atom. The summed E-state index contributed by atoms with van der Waals surface area (Å²) in [5.41, 5.74) is 7.22. The van der Waals surface area contributed by atoms with Crippen molar-refractivity contribution < 1.29 is 26.4 Å². The molecule has 5 nitrogen and oxygen atoms in total. The molecule has 1 amide bonds. The van der Waals surface area contributed by atoms with Crippen LogP contribution >= 0.6 is 0 Å².